The Labute approximate surface area is 251 Å². The first kappa shape index (κ1) is 37.8. The van der Waals surface area contributed by atoms with Crippen LogP contribution in [0.5, 0.6) is 5.75 Å². The summed E-state index contributed by atoms with van der Waals surface area (Å²) in [4.78, 5) is 22.5. The van der Waals surface area contributed by atoms with E-state index in [1.165, 1.54) is 70.6 Å². The molecule has 8 heteroatoms. The van der Waals surface area contributed by atoms with Gasteiger partial charge >= 0.3 is 7.82 Å². The van der Waals surface area contributed by atoms with Crippen molar-refractivity contribution in [2.75, 3.05) is 47.5 Å². The van der Waals surface area contributed by atoms with Gasteiger partial charge in [0.05, 0.1) is 34.4 Å². The van der Waals surface area contributed by atoms with Crippen molar-refractivity contribution in [3.63, 3.8) is 0 Å². The largest absolute Gasteiger partial charge is 0.494 e. The molecule has 0 heterocycles. The second-order valence-electron chi connectivity index (χ2n) is 12.6. The minimum absolute atomic E-state index is 0.00911. The second-order valence-corrected chi connectivity index (χ2v) is 14.0. The Hall–Kier alpha value is -1.24. The summed E-state index contributed by atoms with van der Waals surface area (Å²) in [6, 6.07) is 7.94. The van der Waals surface area contributed by atoms with Crippen molar-refractivity contribution in [1.82, 2.24) is 0 Å². The van der Waals surface area contributed by atoms with Crippen molar-refractivity contribution in [3.05, 3.63) is 29.8 Å². The fourth-order valence-electron chi connectivity index (χ4n) is 4.75. The Balaban J connectivity index is 2.37. The number of ether oxygens (including phenoxy) is 1. The van der Waals surface area contributed by atoms with Gasteiger partial charge in [0, 0.05) is 12.8 Å². The number of nitrogens with zero attached hydrogens (tertiary/aromatic N) is 1. The van der Waals surface area contributed by atoms with Crippen LogP contribution in [0.1, 0.15) is 116 Å². The van der Waals surface area contributed by atoms with Crippen LogP contribution in [0.4, 0.5) is 0 Å². The van der Waals surface area contributed by atoms with E-state index in [0.717, 1.165) is 30.8 Å². The number of hydrogen-bond donors (Lipinski definition) is 1. The molecule has 2 atom stereocenters. The molecular weight excluding hydrogens is 537 g/mol. The lowest BCUT2D eigenvalue weighted by molar-refractivity contribution is -0.870. The summed E-state index contributed by atoms with van der Waals surface area (Å²) in [6.07, 6.45) is 18.1. The highest BCUT2D eigenvalue weighted by Gasteiger charge is 2.25. The maximum absolute atomic E-state index is 12.4. The van der Waals surface area contributed by atoms with Gasteiger partial charge in [-0.3, -0.25) is 13.8 Å². The zero-order chi connectivity index (χ0) is 30.4. The molecule has 0 saturated heterocycles. The summed E-state index contributed by atoms with van der Waals surface area (Å²) in [5, 5.41) is 0. The lowest BCUT2D eigenvalue weighted by atomic mass is 9.94. The third-order valence-corrected chi connectivity index (χ3v) is 8.23. The number of unbranched alkanes of at least 4 members (excludes halogenated alkanes) is 11. The zero-order valence-electron chi connectivity index (χ0n) is 26.9. The molecule has 0 fully saturated rings. The van der Waals surface area contributed by atoms with Gasteiger partial charge in [-0.15, -0.1) is 0 Å². The minimum atomic E-state index is -4.18. The number of benzene rings is 1. The normalized spacial score (nSPS) is 14.1. The molecule has 0 bridgehead atoms. The van der Waals surface area contributed by atoms with E-state index in [2.05, 4.69) is 6.92 Å². The molecule has 0 aliphatic heterocycles. The van der Waals surface area contributed by atoms with Crippen LogP contribution < -0.4 is 4.74 Å². The minimum Gasteiger partial charge on any atom is -0.494 e. The Morgan fingerprint density at radius 1 is 0.805 bits per heavy atom. The van der Waals surface area contributed by atoms with Crippen LogP contribution in [0.2, 0.25) is 0 Å². The van der Waals surface area contributed by atoms with Crippen LogP contribution in [0.3, 0.4) is 0 Å². The van der Waals surface area contributed by atoms with Gasteiger partial charge < -0.3 is 14.1 Å². The highest BCUT2D eigenvalue weighted by atomic mass is 31.2. The number of ketones is 1. The molecule has 1 aromatic rings. The van der Waals surface area contributed by atoms with Crippen molar-refractivity contribution in [1.29, 1.82) is 0 Å². The van der Waals surface area contributed by atoms with Crippen molar-refractivity contribution in [2.24, 2.45) is 5.92 Å². The van der Waals surface area contributed by atoms with E-state index in [4.69, 9.17) is 13.8 Å². The zero-order valence-corrected chi connectivity index (χ0v) is 27.8. The number of quaternary nitrogens is 1. The average Bonchev–Trinajstić information content (AvgIpc) is 2.90. The molecule has 1 aromatic carbocycles. The van der Waals surface area contributed by atoms with E-state index < -0.39 is 7.82 Å². The molecular formula is C33H61NO6P+. The Kier molecular flexibility index (Phi) is 20.6. The van der Waals surface area contributed by atoms with Gasteiger partial charge in [-0.2, -0.15) is 0 Å². The fourth-order valence-corrected chi connectivity index (χ4v) is 5.53. The number of carbonyl (C=O) groups is 1. The van der Waals surface area contributed by atoms with E-state index in [1.54, 1.807) is 0 Å². The highest BCUT2D eigenvalue weighted by Crippen LogP contribution is 2.43. The highest BCUT2D eigenvalue weighted by molar-refractivity contribution is 7.47. The first-order valence-electron chi connectivity index (χ1n) is 16.2. The molecule has 0 radical (unpaired) electrons. The number of Topliss-reactive ketones (excluding diaryl/α,β-unsaturated/α-hetero) is 1. The number of phosphoric acid groups is 1. The summed E-state index contributed by atoms with van der Waals surface area (Å²) in [5.74, 6) is 0.781. The maximum atomic E-state index is 12.4. The molecule has 0 saturated carbocycles. The Morgan fingerprint density at radius 2 is 1.37 bits per heavy atom. The van der Waals surface area contributed by atoms with Gasteiger partial charge in [0.2, 0.25) is 0 Å². The molecule has 0 aliphatic rings. The van der Waals surface area contributed by atoms with Gasteiger partial charge in [0.1, 0.15) is 24.7 Å². The van der Waals surface area contributed by atoms with Crippen LogP contribution in [0.15, 0.2) is 24.3 Å². The third kappa shape index (κ3) is 22.0. The van der Waals surface area contributed by atoms with Crippen molar-refractivity contribution in [2.45, 2.75) is 117 Å². The molecule has 0 aromatic heterocycles. The summed E-state index contributed by atoms with van der Waals surface area (Å²) in [6.45, 7) is 5.66. The summed E-state index contributed by atoms with van der Waals surface area (Å²) in [7, 11) is 1.77. The number of rotatable bonds is 27. The van der Waals surface area contributed by atoms with Crippen LogP contribution in [-0.2, 0) is 24.8 Å². The van der Waals surface area contributed by atoms with Crippen molar-refractivity contribution < 1.29 is 32.5 Å². The molecule has 41 heavy (non-hydrogen) atoms. The van der Waals surface area contributed by atoms with Crippen LogP contribution in [0.25, 0.3) is 0 Å². The number of hydrogen-bond acceptors (Lipinski definition) is 5. The molecule has 2 unspecified atom stereocenters. The SMILES string of the molecule is CCCCCCCCCCCCCCOc1ccc(CC(COP(=O)(O)OCC[N+](C)(C)C)CC(=O)CCC)cc1. The van der Waals surface area contributed by atoms with Gasteiger partial charge in [0.25, 0.3) is 0 Å². The summed E-state index contributed by atoms with van der Waals surface area (Å²) >= 11 is 0. The van der Waals surface area contributed by atoms with Gasteiger partial charge in [-0.1, -0.05) is 96.6 Å². The topological polar surface area (TPSA) is 82.1 Å². The Bertz CT molecular complexity index is 839. The molecule has 0 aliphatic carbocycles. The van der Waals surface area contributed by atoms with E-state index in [-0.39, 0.29) is 24.9 Å². The van der Waals surface area contributed by atoms with E-state index in [1.807, 2.05) is 52.3 Å². The van der Waals surface area contributed by atoms with Crippen LogP contribution in [0, 0.1) is 5.92 Å². The van der Waals surface area contributed by atoms with Crippen LogP contribution >= 0.6 is 7.82 Å². The quantitative estimate of drug-likeness (QED) is 0.0621. The molecule has 1 N–H and O–H groups in total. The van der Waals surface area contributed by atoms with Gasteiger partial charge in [0.15, 0.2) is 0 Å². The number of likely N-dealkylation sites (N-methyl/N-ethyl adjacent to an activating group) is 1. The fraction of sp³-hybridized carbons (Fsp3) is 0.788. The number of carbonyl (C=O) groups excluding carboxylic acids is 1. The predicted octanol–water partition coefficient (Wildman–Crippen LogP) is 8.52. The van der Waals surface area contributed by atoms with Crippen molar-refractivity contribution in [3.8, 4) is 5.75 Å². The van der Waals surface area contributed by atoms with E-state index in [9.17, 15) is 14.3 Å². The summed E-state index contributed by atoms with van der Waals surface area (Å²) in [5.41, 5.74) is 1.04. The van der Waals surface area contributed by atoms with E-state index >= 15 is 0 Å². The monoisotopic (exact) mass is 598 g/mol. The number of phosphoric ester groups is 1. The van der Waals surface area contributed by atoms with Crippen LogP contribution in [-0.4, -0.2) is 62.7 Å². The van der Waals surface area contributed by atoms with Gasteiger partial charge in [-0.05, 0) is 42.9 Å². The maximum Gasteiger partial charge on any atom is 0.472 e. The molecule has 0 amide bonds. The van der Waals surface area contributed by atoms with Crippen molar-refractivity contribution >= 4 is 13.6 Å². The Morgan fingerprint density at radius 3 is 1.90 bits per heavy atom. The smallest absolute Gasteiger partial charge is 0.472 e. The molecule has 0 spiro atoms. The van der Waals surface area contributed by atoms with Gasteiger partial charge in [-0.25, -0.2) is 4.57 Å². The third-order valence-electron chi connectivity index (χ3n) is 7.25. The van der Waals surface area contributed by atoms with E-state index in [0.29, 0.717) is 30.3 Å². The molecule has 1 rings (SSSR count). The average molecular weight is 599 g/mol. The predicted molar refractivity (Wildman–Crippen MR) is 169 cm³/mol. The summed E-state index contributed by atoms with van der Waals surface area (Å²) < 4.78 is 29.4. The first-order chi connectivity index (χ1) is 19.5. The molecule has 238 valence electrons. The second kappa shape index (κ2) is 22.3. The molecule has 7 nitrogen and oxygen atoms in total. The lowest BCUT2D eigenvalue weighted by Crippen LogP contribution is -2.37. The standard InChI is InChI=1S/C33H60NO6P/c1-6-8-9-10-11-12-13-14-15-16-17-18-25-38-33-22-20-30(21-23-33)27-31(28-32(35)19-7-2)29-40-41(36,37)39-26-24-34(3,4)5/h20-23,31H,6-19,24-29H2,1-5H3/p+1. The first-order valence-corrected chi connectivity index (χ1v) is 17.7. The lowest BCUT2D eigenvalue weighted by Gasteiger charge is -2.24.